The van der Waals surface area contributed by atoms with Crippen molar-refractivity contribution in [3.8, 4) is 17.4 Å². The fourth-order valence-electron chi connectivity index (χ4n) is 2.92. The number of amides is 1. The lowest BCUT2D eigenvalue weighted by Gasteiger charge is -2.07. The van der Waals surface area contributed by atoms with Crippen molar-refractivity contribution in [2.24, 2.45) is 10.2 Å². The monoisotopic (exact) mass is 381 g/mol. The highest BCUT2D eigenvalue weighted by molar-refractivity contribution is 5.95. The highest BCUT2D eigenvalue weighted by Crippen LogP contribution is 2.39. The number of methoxy groups -OCH3 is 1. The summed E-state index contributed by atoms with van der Waals surface area (Å²) >= 11 is 0. The van der Waals surface area contributed by atoms with E-state index in [4.69, 9.17) is 9.47 Å². The van der Waals surface area contributed by atoms with Crippen LogP contribution < -0.4 is 9.47 Å². The fraction of sp³-hybridized carbons (Fsp3) is 0.286. The van der Waals surface area contributed by atoms with Crippen LogP contribution in [-0.4, -0.2) is 29.3 Å². The number of ether oxygens (including phenoxy) is 2. The number of aromatic nitrogens is 1. The van der Waals surface area contributed by atoms with Crippen molar-refractivity contribution in [3.63, 3.8) is 0 Å². The lowest BCUT2D eigenvalue weighted by atomic mass is 10.2. The van der Waals surface area contributed by atoms with Crippen LogP contribution in [0.25, 0.3) is 10.9 Å². The number of fused-ring (bicyclic) bond motifs is 1. The average molecular weight is 381 g/mol. The number of carbonyl (C=O) groups is 1. The molecule has 0 atom stereocenters. The van der Waals surface area contributed by atoms with Gasteiger partial charge in [-0.1, -0.05) is 43.7 Å². The summed E-state index contributed by atoms with van der Waals surface area (Å²) in [6, 6.07) is 14.6. The molecule has 2 aromatic carbocycles. The van der Waals surface area contributed by atoms with Crippen molar-refractivity contribution in [2.45, 2.75) is 26.3 Å². The maximum atomic E-state index is 12.1. The summed E-state index contributed by atoms with van der Waals surface area (Å²) in [6.07, 6.45) is 1.93. The van der Waals surface area contributed by atoms with E-state index in [-0.39, 0.29) is 18.2 Å². The van der Waals surface area contributed by atoms with Gasteiger partial charge in [0.1, 0.15) is 0 Å². The zero-order valence-corrected chi connectivity index (χ0v) is 16.0. The van der Waals surface area contributed by atoms with Gasteiger partial charge in [-0.2, -0.15) is 0 Å². The number of azo groups is 1. The Morgan fingerprint density at radius 2 is 1.82 bits per heavy atom. The van der Waals surface area contributed by atoms with E-state index in [9.17, 15) is 9.90 Å². The molecule has 3 aromatic rings. The first kappa shape index (κ1) is 19.4. The van der Waals surface area contributed by atoms with Gasteiger partial charge in [0.15, 0.2) is 23.8 Å². The van der Waals surface area contributed by atoms with Crippen molar-refractivity contribution in [1.82, 2.24) is 4.57 Å². The Bertz CT molecular complexity index is 994. The van der Waals surface area contributed by atoms with Gasteiger partial charge in [-0.3, -0.25) is 4.79 Å². The number of para-hydroxylation sites is 3. The van der Waals surface area contributed by atoms with Crippen LogP contribution in [0, 0.1) is 0 Å². The number of carbonyl (C=O) groups excluding carboxylic acids is 1. The van der Waals surface area contributed by atoms with Crippen LogP contribution in [0.15, 0.2) is 58.8 Å². The van der Waals surface area contributed by atoms with Crippen LogP contribution in [0.4, 0.5) is 5.69 Å². The van der Waals surface area contributed by atoms with Crippen LogP contribution in [0.1, 0.15) is 19.8 Å². The molecule has 0 fully saturated rings. The predicted molar refractivity (Wildman–Crippen MR) is 107 cm³/mol. The molecule has 0 saturated heterocycles. The molecule has 0 unspecified atom stereocenters. The number of hydrogen-bond donors (Lipinski definition) is 1. The summed E-state index contributed by atoms with van der Waals surface area (Å²) in [6.45, 7) is 2.48. The number of rotatable bonds is 8. The van der Waals surface area contributed by atoms with Crippen molar-refractivity contribution in [3.05, 3.63) is 48.5 Å². The second-order valence-corrected chi connectivity index (χ2v) is 6.23. The molecule has 3 rings (SSSR count). The van der Waals surface area contributed by atoms with Gasteiger partial charge in [-0.25, -0.2) is 0 Å². The molecular formula is C21H23N3O4. The quantitative estimate of drug-likeness (QED) is 0.566. The van der Waals surface area contributed by atoms with E-state index in [1.165, 1.54) is 7.11 Å². The summed E-state index contributed by atoms with van der Waals surface area (Å²) in [4.78, 5) is 12.1. The minimum Gasteiger partial charge on any atom is -0.493 e. The van der Waals surface area contributed by atoms with Gasteiger partial charge >= 0.3 is 5.91 Å². The van der Waals surface area contributed by atoms with E-state index in [2.05, 4.69) is 17.2 Å². The molecule has 1 heterocycles. The second-order valence-electron chi connectivity index (χ2n) is 6.23. The van der Waals surface area contributed by atoms with Gasteiger partial charge in [-0.15, -0.1) is 10.2 Å². The van der Waals surface area contributed by atoms with E-state index in [0.717, 1.165) is 23.7 Å². The van der Waals surface area contributed by atoms with E-state index >= 15 is 0 Å². The number of hydrogen-bond acceptors (Lipinski definition) is 5. The normalized spacial score (nSPS) is 11.2. The molecule has 1 aromatic heterocycles. The summed E-state index contributed by atoms with van der Waals surface area (Å²) in [5, 5.41) is 19.1. The summed E-state index contributed by atoms with van der Waals surface area (Å²) in [5.74, 6) is 0.434. The maximum Gasteiger partial charge on any atom is 0.302 e. The first-order valence-electron chi connectivity index (χ1n) is 9.16. The summed E-state index contributed by atoms with van der Waals surface area (Å²) < 4.78 is 12.4. The topological polar surface area (TPSA) is 85.4 Å². The number of benzene rings is 2. The smallest absolute Gasteiger partial charge is 0.302 e. The third-order valence-corrected chi connectivity index (χ3v) is 4.33. The SMILES string of the molecule is CCCCn1c(O)c(N=NC(=O)COc2ccccc2OC)c2ccccc21. The molecule has 28 heavy (non-hydrogen) atoms. The van der Waals surface area contributed by atoms with Crippen LogP contribution in [0.2, 0.25) is 0 Å². The van der Waals surface area contributed by atoms with Crippen LogP contribution in [-0.2, 0) is 11.3 Å². The third-order valence-electron chi connectivity index (χ3n) is 4.33. The summed E-state index contributed by atoms with van der Waals surface area (Å²) in [5.41, 5.74) is 1.15. The first-order valence-corrected chi connectivity index (χ1v) is 9.16. The molecule has 7 heteroatoms. The summed E-state index contributed by atoms with van der Waals surface area (Å²) in [7, 11) is 1.53. The Balaban J connectivity index is 1.77. The van der Waals surface area contributed by atoms with E-state index in [1.54, 1.807) is 22.8 Å². The zero-order valence-electron chi connectivity index (χ0n) is 16.0. The highest BCUT2D eigenvalue weighted by atomic mass is 16.5. The largest absolute Gasteiger partial charge is 0.493 e. The molecule has 0 aliphatic carbocycles. The molecule has 0 aliphatic rings. The zero-order chi connectivity index (χ0) is 19.9. The van der Waals surface area contributed by atoms with Gasteiger partial charge in [0.25, 0.3) is 0 Å². The highest BCUT2D eigenvalue weighted by Gasteiger charge is 2.16. The molecule has 1 amide bonds. The molecule has 0 radical (unpaired) electrons. The number of aryl methyl sites for hydroxylation is 1. The molecule has 0 saturated carbocycles. The molecule has 0 bridgehead atoms. The van der Waals surface area contributed by atoms with Gasteiger partial charge in [0.2, 0.25) is 5.88 Å². The predicted octanol–water partition coefficient (Wildman–Crippen LogP) is 4.84. The van der Waals surface area contributed by atoms with E-state index < -0.39 is 5.91 Å². The van der Waals surface area contributed by atoms with Crippen molar-refractivity contribution < 1.29 is 19.4 Å². The third kappa shape index (κ3) is 4.14. The van der Waals surface area contributed by atoms with Crippen molar-refractivity contribution in [2.75, 3.05) is 13.7 Å². The fourth-order valence-corrected chi connectivity index (χ4v) is 2.92. The minimum absolute atomic E-state index is 0.0110. The second kappa shape index (κ2) is 9.03. The molecule has 1 N–H and O–H groups in total. The number of aromatic hydroxyl groups is 1. The van der Waals surface area contributed by atoms with E-state index in [0.29, 0.717) is 18.0 Å². The Kier molecular flexibility index (Phi) is 6.26. The van der Waals surface area contributed by atoms with Crippen molar-refractivity contribution >= 4 is 22.5 Å². The minimum atomic E-state index is -0.560. The van der Waals surface area contributed by atoms with E-state index in [1.807, 2.05) is 30.3 Å². The van der Waals surface area contributed by atoms with Crippen LogP contribution >= 0.6 is 0 Å². The van der Waals surface area contributed by atoms with Gasteiger partial charge in [0.05, 0.1) is 12.6 Å². The van der Waals surface area contributed by atoms with Crippen LogP contribution in [0.3, 0.4) is 0 Å². The Hall–Kier alpha value is -3.35. The van der Waals surface area contributed by atoms with Gasteiger partial charge < -0.3 is 19.1 Å². The number of nitrogens with zero attached hydrogens (tertiary/aromatic N) is 3. The maximum absolute atomic E-state index is 12.1. The Morgan fingerprint density at radius 3 is 2.57 bits per heavy atom. The average Bonchev–Trinajstić information content (AvgIpc) is 3.00. The lowest BCUT2D eigenvalue weighted by Crippen LogP contribution is -2.08. The van der Waals surface area contributed by atoms with Gasteiger partial charge in [0, 0.05) is 11.9 Å². The molecule has 0 aliphatic heterocycles. The molecule has 0 spiro atoms. The first-order chi connectivity index (χ1) is 13.7. The Morgan fingerprint density at radius 1 is 1.11 bits per heavy atom. The lowest BCUT2D eigenvalue weighted by molar-refractivity contribution is -0.120. The standard InChI is InChI=1S/C21H23N3O4/c1-3-4-13-24-16-10-6-5-9-15(16)20(21(24)26)23-22-19(25)14-28-18-12-8-7-11-17(18)27-2/h5-12,26H,3-4,13-14H2,1-2H3. The Labute approximate surface area is 163 Å². The van der Waals surface area contributed by atoms with Gasteiger partial charge in [-0.05, 0) is 24.6 Å². The number of unbranched alkanes of at least 4 members (excludes halogenated alkanes) is 1. The van der Waals surface area contributed by atoms with Crippen LogP contribution in [0.5, 0.6) is 17.4 Å². The molecule has 146 valence electrons. The molecule has 7 nitrogen and oxygen atoms in total. The molecular weight excluding hydrogens is 358 g/mol. The van der Waals surface area contributed by atoms with Crippen molar-refractivity contribution in [1.29, 1.82) is 0 Å².